The van der Waals surface area contributed by atoms with E-state index in [2.05, 4.69) is 20.3 Å². The zero-order valence-corrected chi connectivity index (χ0v) is 18.0. The van der Waals surface area contributed by atoms with Gasteiger partial charge in [-0.25, -0.2) is 12.7 Å². The fourth-order valence-electron chi connectivity index (χ4n) is 3.34. The first-order valence-corrected chi connectivity index (χ1v) is 11.6. The van der Waals surface area contributed by atoms with Crippen molar-refractivity contribution in [1.29, 1.82) is 0 Å². The second-order valence-corrected chi connectivity index (χ2v) is 9.48. The maximum atomic E-state index is 12.5. The van der Waals surface area contributed by atoms with E-state index in [0.717, 1.165) is 0 Å². The molecule has 0 atom stereocenters. The topological polar surface area (TPSA) is 121 Å². The molecule has 2 aliphatic rings. The first kappa shape index (κ1) is 21.7. The molecule has 0 spiro atoms. The van der Waals surface area contributed by atoms with Gasteiger partial charge < -0.3 is 19.9 Å². The lowest BCUT2D eigenvalue weighted by Crippen LogP contribution is -2.42. The summed E-state index contributed by atoms with van der Waals surface area (Å²) < 4.78 is 30.0. The van der Waals surface area contributed by atoms with Gasteiger partial charge in [0.25, 0.3) is 0 Å². The molecule has 3 heterocycles. The summed E-state index contributed by atoms with van der Waals surface area (Å²) in [6.45, 7) is 3.61. The van der Waals surface area contributed by atoms with E-state index in [9.17, 15) is 13.2 Å². The molecule has 1 aromatic rings. The zero-order valence-electron chi connectivity index (χ0n) is 17.2. The molecule has 0 aromatic carbocycles. The molecule has 3 rings (SSSR count). The van der Waals surface area contributed by atoms with Crippen LogP contribution in [0.5, 0.6) is 0 Å². The smallest absolute Gasteiger partial charge is 0.230 e. The van der Waals surface area contributed by atoms with Gasteiger partial charge in [0.15, 0.2) is 5.82 Å². The van der Waals surface area contributed by atoms with Crippen LogP contribution in [0.15, 0.2) is 0 Å². The van der Waals surface area contributed by atoms with Crippen molar-refractivity contribution in [1.82, 2.24) is 24.6 Å². The Kier molecular flexibility index (Phi) is 6.85. The first-order valence-electron chi connectivity index (χ1n) is 9.72. The van der Waals surface area contributed by atoms with Gasteiger partial charge in [-0.15, -0.1) is 0 Å². The van der Waals surface area contributed by atoms with E-state index in [1.807, 2.05) is 19.0 Å². The zero-order chi connectivity index (χ0) is 21.0. The molecule has 2 saturated heterocycles. The summed E-state index contributed by atoms with van der Waals surface area (Å²) in [6, 6.07) is 0. The third kappa shape index (κ3) is 5.73. The van der Waals surface area contributed by atoms with Crippen molar-refractivity contribution in [2.45, 2.75) is 19.4 Å². The minimum atomic E-state index is -3.20. The molecule has 0 saturated carbocycles. The molecule has 0 bridgehead atoms. The number of morpholine rings is 1. The van der Waals surface area contributed by atoms with Crippen LogP contribution in [0.25, 0.3) is 0 Å². The Bertz CT molecular complexity index is 819. The van der Waals surface area contributed by atoms with Crippen molar-refractivity contribution in [2.75, 3.05) is 69.5 Å². The highest BCUT2D eigenvalue weighted by Gasteiger charge is 2.29. The summed E-state index contributed by atoms with van der Waals surface area (Å²) in [5, 5.41) is 2.90. The number of carbonyl (C=O) groups excluding carboxylic acids is 1. The number of hydrogen-bond donors (Lipinski definition) is 1. The molecule has 0 radical (unpaired) electrons. The number of hydrogen-bond acceptors (Lipinski definition) is 9. The molecular formula is C17H29N7O4S. The van der Waals surface area contributed by atoms with E-state index in [-0.39, 0.29) is 18.4 Å². The fraction of sp³-hybridized carbons (Fsp3) is 0.765. The number of anilines is 2. The van der Waals surface area contributed by atoms with Gasteiger partial charge in [-0.3, -0.25) is 4.79 Å². The van der Waals surface area contributed by atoms with Gasteiger partial charge in [0.1, 0.15) is 0 Å². The van der Waals surface area contributed by atoms with Crippen LogP contribution in [-0.4, -0.2) is 93.3 Å². The molecule has 12 heteroatoms. The van der Waals surface area contributed by atoms with Crippen molar-refractivity contribution in [2.24, 2.45) is 5.92 Å². The van der Waals surface area contributed by atoms with Crippen LogP contribution in [0.4, 0.5) is 11.9 Å². The summed E-state index contributed by atoms with van der Waals surface area (Å²) in [5.41, 5.74) is 0. The average Bonchev–Trinajstić information content (AvgIpc) is 2.72. The Morgan fingerprint density at radius 2 is 1.79 bits per heavy atom. The quantitative estimate of drug-likeness (QED) is 0.613. The van der Waals surface area contributed by atoms with Crippen molar-refractivity contribution in [3.8, 4) is 0 Å². The highest BCUT2D eigenvalue weighted by atomic mass is 32.2. The average molecular weight is 428 g/mol. The maximum Gasteiger partial charge on any atom is 0.230 e. The molecule has 1 amide bonds. The van der Waals surface area contributed by atoms with Gasteiger partial charge in [0.2, 0.25) is 27.8 Å². The second-order valence-electron chi connectivity index (χ2n) is 7.50. The molecule has 1 aromatic heterocycles. The van der Waals surface area contributed by atoms with Gasteiger partial charge in [-0.2, -0.15) is 15.0 Å². The normalized spacial score (nSPS) is 19.2. The van der Waals surface area contributed by atoms with Crippen molar-refractivity contribution < 1.29 is 17.9 Å². The van der Waals surface area contributed by atoms with Crippen molar-refractivity contribution in [3.63, 3.8) is 0 Å². The van der Waals surface area contributed by atoms with Crippen LogP contribution in [0.2, 0.25) is 0 Å². The molecule has 0 unspecified atom stereocenters. The highest BCUT2D eigenvalue weighted by molar-refractivity contribution is 7.88. The number of aromatic nitrogens is 3. The Morgan fingerprint density at radius 1 is 1.14 bits per heavy atom. The summed E-state index contributed by atoms with van der Waals surface area (Å²) in [4.78, 5) is 29.9. The van der Waals surface area contributed by atoms with Gasteiger partial charge in [0.05, 0.1) is 26.0 Å². The minimum absolute atomic E-state index is 0.0992. The Morgan fingerprint density at radius 3 is 2.38 bits per heavy atom. The number of amides is 1. The maximum absolute atomic E-state index is 12.5. The van der Waals surface area contributed by atoms with Crippen LogP contribution >= 0.6 is 0 Å². The van der Waals surface area contributed by atoms with E-state index in [0.29, 0.717) is 70.0 Å². The molecule has 2 aliphatic heterocycles. The largest absolute Gasteiger partial charge is 0.378 e. The second kappa shape index (κ2) is 9.18. The van der Waals surface area contributed by atoms with E-state index in [4.69, 9.17) is 4.74 Å². The Labute approximate surface area is 171 Å². The summed E-state index contributed by atoms with van der Waals surface area (Å²) in [6.07, 6.45) is 2.22. The first-order chi connectivity index (χ1) is 13.7. The lowest BCUT2D eigenvalue weighted by Gasteiger charge is -2.29. The van der Waals surface area contributed by atoms with Gasteiger partial charge in [-0.1, -0.05) is 0 Å². The van der Waals surface area contributed by atoms with Crippen molar-refractivity contribution >= 4 is 27.8 Å². The summed E-state index contributed by atoms with van der Waals surface area (Å²) >= 11 is 0. The Balaban J connectivity index is 1.62. The highest BCUT2D eigenvalue weighted by Crippen LogP contribution is 2.19. The molecule has 2 fully saturated rings. The lowest BCUT2D eigenvalue weighted by atomic mass is 9.97. The number of carbonyl (C=O) groups is 1. The molecule has 1 N–H and O–H groups in total. The number of nitrogens with one attached hydrogen (secondary N) is 1. The fourth-order valence-corrected chi connectivity index (χ4v) is 4.21. The van der Waals surface area contributed by atoms with Gasteiger partial charge in [-0.05, 0) is 12.8 Å². The molecule has 0 aliphatic carbocycles. The van der Waals surface area contributed by atoms with Crippen LogP contribution < -0.4 is 15.1 Å². The van der Waals surface area contributed by atoms with E-state index in [1.165, 1.54) is 10.6 Å². The third-order valence-electron chi connectivity index (χ3n) is 5.07. The van der Waals surface area contributed by atoms with Gasteiger partial charge in [0, 0.05) is 46.2 Å². The number of rotatable bonds is 6. The molecular weight excluding hydrogens is 398 g/mol. The Hall–Kier alpha value is -2.05. The molecule has 162 valence electrons. The van der Waals surface area contributed by atoms with Crippen LogP contribution in [-0.2, 0) is 26.1 Å². The van der Waals surface area contributed by atoms with E-state index in [1.54, 1.807) is 4.90 Å². The van der Waals surface area contributed by atoms with Crippen LogP contribution in [0, 0.1) is 5.92 Å². The van der Waals surface area contributed by atoms with Gasteiger partial charge >= 0.3 is 0 Å². The summed E-state index contributed by atoms with van der Waals surface area (Å²) in [7, 11) is 0.513. The predicted octanol–water partition coefficient (Wildman–Crippen LogP) is -0.938. The summed E-state index contributed by atoms with van der Waals surface area (Å²) in [5.74, 6) is 1.30. The van der Waals surface area contributed by atoms with Crippen LogP contribution in [0.1, 0.15) is 18.7 Å². The number of nitrogens with zero attached hydrogens (tertiary/aromatic N) is 6. The SMILES string of the molecule is CN(C)c1nc(CNC(=O)C2CCN(S(C)(=O)=O)CC2)nc(N2CCOCC2)n1. The standard InChI is InChI=1S/C17H29N7O4S/c1-22(2)16-19-14(20-17(21-16)23-8-10-28-11-9-23)12-18-15(25)13-4-6-24(7-5-13)29(3,26)27/h13H,4-12H2,1-3H3,(H,18,25). The third-order valence-corrected chi connectivity index (χ3v) is 6.37. The van der Waals surface area contributed by atoms with E-state index >= 15 is 0 Å². The lowest BCUT2D eigenvalue weighted by molar-refractivity contribution is -0.126. The van der Waals surface area contributed by atoms with Crippen LogP contribution in [0.3, 0.4) is 0 Å². The number of piperidine rings is 1. The number of sulfonamides is 1. The van der Waals surface area contributed by atoms with E-state index < -0.39 is 10.0 Å². The predicted molar refractivity (Wildman–Crippen MR) is 108 cm³/mol. The number of ether oxygens (including phenoxy) is 1. The molecule has 11 nitrogen and oxygen atoms in total. The van der Waals surface area contributed by atoms with Crippen molar-refractivity contribution in [3.05, 3.63) is 5.82 Å². The monoisotopic (exact) mass is 427 g/mol. The molecule has 29 heavy (non-hydrogen) atoms. The minimum Gasteiger partial charge on any atom is -0.378 e.